The van der Waals surface area contributed by atoms with E-state index in [1.54, 1.807) is 11.8 Å². The minimum Gasteiger partial charge on any atom is -0.339 e. The van der Waals surface area contributed by atoms with Crippen molar-refractivity contribution < 1.29 is 9.59 Å². The van der Waals surface area contributed by atoms with E-state index in [2.05, 4.69) is 11.0 Å². The number of piperazine rings is 1. The van der Waals surface area contributed by atoms with Gasteiger partial charge in [-0.2, -0.15) is 0 Å². The quantitative estimate of drug-likeness (QED) is 0.840. The lowest BCUT2D eigenvalue weighted by molar-refractivity contribution is -0.139. The van der Waals surface area contributed by atoms with E-state index < -0.39 is 0 Å². The zero-order valence-corrected chi connectivity index (χ0v) is 14.8. The third-order valence-corrected chi connectivity index (χ3v) is 5.39. The Morgan fingerprint density at radius 3 is 2.42 bits per heavy atom. The van der Waals surface area contributed by atoms with Gasteiger partial charge in [-0.05, 0) is 31.0 Å². The van der Waals surface area contributed by atoms with Gasteiger partial charge in [-0.25, -0.2) is 0 Å². The second kappa shape index (κ2) is 7.53. The van der Waals surface area contributed by atoms with E-state index in [1.165, 1.54) is 0 Å². The molecule has 0 aliphatic carbocycles. The van der Waals surface area contributed by atoms with Crippen LogP contribution in [0.5, 0.6) is 0 Å². The Morgan fingerprint density at radius 2 is 1.75 bits per heavy atom. The number of amides is 2. The van der Waals surface area contributed by atoms with Crippen molar-refractivity contribution in [1.82, 2.24) is 14.7 Å². The molecule has 5 nitrogen and oxygen atoms in total. The highest BCUT2D eigenvalue weighted by atomic mass is 35.5. The molecule has 24 heavy (non-hydrogen) atoms. The maximum Gasteiger partial charge on any atom is 0.236 e. The lowest BCUT2D eigenvalue weighted by Crippen LogP contribution is -2.52. The molecule has 130 valence electrons. The molecule has 0 radical (unpaired) electrons. The van der Waals surface area contributed by atoms with E-state index in [0.717, 1.165) is 30.0 Å². The number of hydrogen-bond acceptors (Lipinski definition) is 3. The van der Waals surface area contributed by atoms with Gasteiger partial charge in [0.05, 0.1) is 6.54 Å². The number of rotatable bonds is 3. The number of benzene rings is 1. The Kier molecular flexibility index (Phi) is 5.41. The molecule has 2 aliphatic rings. The van der Waals surface area contributed by atoms with E-state index in [9.17, 15) is 9.59 Å². The Balaban J connectivity index is 1.60. The van der Waals surface area contributed by atoms with Crippen LogP contribution in [0.3, 0.4) is 0 Å². The molecular weight excluding hydrogens is 326 g/mol. The zero-order chi connectivity index (χ0) is 17.1. The highest BCUT2D eigenvalue weighted by molar-refractivity contribution is 6.31. The summed E-state index contributed by atoms with van der Waals surface area (Å²) in [5, 5.41) is 0.775. The van der Waals surface area contributed by atoms with Gasteiger partial charge in [0.25, 0.3) is 0 Å². The number of hydrogen-bond donors (Lipinski definition) is 0. The largest absolute Gasteiger partial charge is 0.339 e. The summed E-state index contributed by atoms with van der Waals surface area (Å²) in [4.78, 5) is 29.9. The van der Waals surface area contributed by atoms with E-state index in [1.807, 2.05) is 23.1 Å². The number of nitrogens with zero attached hydrogens (tertiary/aromatic N) is 3. The number of carbonyl (C=O) groups is 2. The molecule has 3 rings (SSSR count). The van der Waals surface area contributed by atoms with Gasteiger partial charge < -0.3 is 9.80 Å². The molecule has 0 saturated carbocycles. The van der Waals surface area contributed by atoms with Crippen LogP contribution in [-0.4, -0.2) is 65.8 Å². The fourth-order valence-electron chi connectivity index (χ4n) is 3.66. The minimum atomic E-state index is 0.0837. The molecule has 0 aromatic heterocycles. The van der Waals surface area contributed by atoms with Crippen molar-refractivity contribution in [3.63, 3.8) is 0 Å². The molecule has 1 unspecified atom stereocenters. The van der Waals surface area contributed by atoms with Crippen molar-refractivity contribution in [2.24, 2.45) is 0 Å². The Bertz CT molecular complexity index is 614. The maximum absolute atomic E-state index is 12.6. The molecule has 0 spiro atoms. The van der Waals surface area contributed by atoms with Gasteiger partial charge in [0.1, 0.15) is 0 Å². The van der Waals surface area contributed by atoms with Crippen molar-refractivity contribution in [2.75, 3.05) is 39.3 Å². The van der Waals surface area contributed by atoms with Crippen LogP contribution in [0.15, 0.2) is 24.3 Å². The molecule has 1 aromatic carbocycles. The third-order valence-electron chi connectivity index (χ3n) is 5.04. The van der Waals surface area contributed by atoms with E-state index in [-0.39, 0.29) is 17.9 Å². The lowest BCUT2D eigenvalue weighted by Gasteiger charge is -2.35. The first-order valence-electron chi connectivity index (χ1n) is 8.58. The monoisotopic (exact) mass is 349 g/mol. The molecule has 2 heterocycles. The first kappa shape index (κ1) is 17.2. The molecule has 1 aromatic rings. The summed E-state index contributed by atoms with van der Waals surface area (Å²) in [6, 6.07) is 8.13. The zero-order valence-electron chi connectivity index (χ0n) is 14.1. The van der Waals surface area contributed by atoms with Crippen LogP contribution >= 0.6 is 11.6 Å². The fraction of sp³-hybridized carbons (Fsp3) is 0.556. The first-order chi connectivity index (χ1) is 11.6. The predicted octanol–water partition coefficient (Wildman–Crippen LogP) is 2.17. The minimum absolute atomic E-state index is 0.0837. The Morgan fingerprint density at radius 1 is 1.08 bits per heavy atom. The van der Waals surface area contributed by atoms with Gasteiger partial charge in [-0.3, -0.25) is 14.5 Å². The molecule has 2 aliphatic heterocycles. The summed E-state index contributed by atoms with van der Waals surface area (Å²) in [6.45, 7) is 5.46. The molecule has 1 atom stereocenters. The Hall–Kier alpha value is -1.59. The Labute approximate surface area is 148 Å². The van der Waals surface area contributed by atoms with Crippen LogP contribution in [-0.2, 0) is 9.59 Å². The van der Waals surface area contributed by atoms with Gasteiger partial charge in [0.2, 0.25) is 11.8 Å². The molecule has 0 N–H and O–H groups in total. The summed E-state index contributed by atoms with van der Waals surface area (Å²) in [7, 11) is 0. The summed E-state index contributed by atoms with van der Waals surface area (Å²) in [6.07, 6.45) is 2.12. The second-order valence-electron chi connectivity index (χ2n) is 6.54. The normalized spacial score (nSPS) is 22.0. The number of halogens is 1. The van der Waals surface area contributed by atoms with Crippen LogP contribution in [0.1, 0.15) is 31.4 Å². The van der Waals surface area contributed by atoms with Gasteiger partial charge in [0, 0.05) is 44.2 Å². The van der Waals surface area contributed by atoms with Crippen molar-refractivity contribution in [1.29, 1.82) is 0 Å². The summed E-state index contributed by atoms with van der Waals surface area (Å²) in [5.41, 5.74) is 1.12. The van der Waals surface area contributed by atoms with Gasteiger partial charge in [-0.1, -0.05) is 29.8 Å². The predicted molar refractivity (Wildman–Crippen MR) is 93.8 cm³/mol. The van der Waals surface area contributed by atoms with Crippen molar-refractivity contribution in [3.05, 3.63) is 34.9 Å². The molecule has 2 saturated heterocycles. The van der Waals surface area contributed by atoms with Crippen molar-refractivity contribution >= 4 is 23.4 Å². The standard InChI is InChI=1S/C18H24ClN3O2/c1-14(23)20-9-11-21(12-10-20)18(24)13-22-8-4-7-17(22)15-5-2-3-6-16(15)19/h2-3,5-6,17H,4,7-13H2,1H3. The smallest absolute Gasteiger partial charge is 0.236 e. The first-order valence-corrected chi connectivity index (χ1v) is 8.96. The number of carbonyl (C=O) groups excluding carboxylic acids is 2. The summed E-state index contributed by atoms with van der Waals surface area (Å²) >= 11 is 6.34. The fourth-order valence-corrected chi connectivity index (χ4v) is 3.92. The molecular formula is C18H24ClN3O2. The highest BCUT2D eigenvalue weighted by Gasteiger charge is 2.31. The van der Waals surface area contributed by atoms with E-state index >= 15 is 0 Å². The second-order valence-corrected chi connectivity index (χ2v) is 6.94. The average Bonchev–Trinajstić information content (AvgIpc) is 3.03. The van der Waals surface area contributed by atoms with E-state index in [4.69, 9.17) is 11.6 Å². The lowest BCUT2D eigenvalue weighted by atomic mass is 10.0. The van der Waals surface area contributed by atoms with Crippen LogP contribution in [0, 0.1) is 0 Å². The molecule has 0 bridgehead atoms. The summed E-state index contributed by atoms with van der Waals surface area (Å²) < 4.78 is 0. The van der Waals surface area contributed by atoms with E-state index in [0.29, 0.717) is 32.7 Å². The average molecular weight is 350 g/mol. The summed E-state index contributed by atoms with van der Waals surface area (Å²) in [5.74, 6) is 0.234. The molecule has 2 amide bonds. The van der Waals surface area contributed by atoms with Gasteiger partial charge >= 0.3 is 0 Å². The van der Waals surface area contributed by atoms with Crippen LogP contribution in [0.25, 0.3) is 0 Å². The SMILES string of the molecule is CC(=O)N1CCN(C(=O)CN2CCCC2c2ccccc2Cl)CC1. The van der Waals surface area contributed by atoms with Gasteiger partial charge in [0.15, 0.2) is 0 Å². The van der Waals surface area contributed by atoms with Crippen LogP contribution in [0.4, 0.5) is 0 Å². The van der Waals surface area contributed by atoms with Crippen LogP contribution in [0.2, 0.25) is 5.02 Å². The van der Waals surface area contributed by atoms with Gasteiger partial charge in [-0.15, -0.1) is 0 Å². The number of likely N-dealkylation sites (tertiary alicyclic amines) is 1. The topological polar surface area (TPSA) is 43.9 Å². The van der Waals surface area contributed by atoms with Crippen LogP contribution < -0.4 is 0 Å². The van der Waals surface area contributed by atoms with Crippen molar-refractivity contribution in [3.8, 4) is 0 Å². The molecule has 2 fully saturated rings. The molecule has 6 heteroatoms. The highest BCUT2D eigenvalue weighted by Crippen LogP contribution is 2.35. The third kappa shape index (κ3) is 3.73. The van der Waals surface area contributed by atoms with Crippen molar-refractivity contribution in [2.45, 2.75) is 25.8 Å². The maximum atomic E-state index is 12.6.